The molecule has 23 heavy (non-hydrogen) atoms. The average molecular weight is 301 g/mol. The molecular formula is C20H19N3. The van der Waals surface area contributed by atoms with Gasteiger partial charge in [0.1, 0.15) is 0 Å². The molecule has 0 saturated heterocycles. The number of pyridine rings is 1. The summed E-state index contributed by atoms with van der Waals surface area (Å²) in [5, 5.41) is 5.96. The van der Waals surface area contributed by atoms with Crippen molar-refractivity contribution in [3.05, 3.63) is 78.1 Å². The zero-order valence-corrected chi connectivity index (χ0v) is 12.9. The second-order valence-corrected chi connectivity index (χ2v) is 5.83. The molecule has 3 aromatic rings. The summed E-state index contributed by atoms with van der Waals surface area (Å²) in [6, 6.07) is 21.2. The lowest BCUT2D eigenvalue weighted by atomic mass is 9.88. The molecule has 2 heterocycles. The molecule has 0 aliphatic carbocycles. The Balaban J connectivity index is 1.83. The van der Waals surface area contributed by atoms with Gasteiger partial charge in [-0.25, -0.2) is 0 Å². The maximum absolute atomic E-state index is 4.62. The highest BCUT2D eigenvalue weighted by atomic mass is 15.1. The van der Waals surface area contributed by atoms with E-state index in [1.54, 1.807) is 0 Å². The Kier molecular flexibility index (Phi) is 3.76. The van der Waals surface area contributed by atoms with Gasteiger partial charge in [-0.15, -0.1) is 0 Å². The van der Waals surface area contributed by atoms with Crippen LogP contribution in [0.4, 0.5) is 0 Å². The maximum Gasteiger partial charge on any atom is 0.0974 e. The topological polar surface area (TPSA) is 37.3 Å². The summed E-state index contributed by atoms with van der Waals surface area (Å²) < 4.78 is 0. The van der Waals surface area contributed by atoms with Crippen molar-refractivity contribution in [2.45, 2.75) is 12.3 Å². The molecule has 1 unspecified atom stereocenters. The first kappa shape index (κ1) is 13.9. The highest BCUT2D eigenvalue weighted by Crippen LogP contribution is 2.32. The molecule has 1 aromatic heterocycles. The standard InChI is InChI=1S/C20H19N3/c1-2-8-16-15(6-1)7-5-9-17(16)18(14-20-22-12-13-23-20)19-10-3-4-11-21-19/h1-11,18H,12-14H2,(H,22,23). The molecule has 1 aliphatic heterocycles. The highest BCUT2D eigenvalue weighted by molar-refractivity contribution is 5.89. The van der Waals surface area contributed by atoms with E-state index in [-0.39, 0.29) is 5.92 Å². The molecule has 1 atom stereocenters. The molecule has 0 amide bonds. The first-order valence-electron chi connectivity index (χ1n) is 8.07. The summed E-state index contributed by atoms with van der Waals surface area (Å²) in [7, 11) is 0. The van der Waals surface area contributed by atoms with Crippen molar-refractivity contribution in [2.24, 2.45) is 4.99 Å². The van der Waals surface area contributed by atoms with Crippen molar-refractivity contribution in [1.29, 1.82) is 0 Å². The van der Waals surface area contributed by atoms with Crippen LogP contribution in [-0.2, 0) is 0 Å². The van der Waals surface area contributed by atoms with E-state index in [4.69, 9.17) is 0 Å². The van der Waals surface area contributed by atoms with Crippen LogP contribution in [-0.4, -0.2) is 23.9 Å². The fourth-order valence-corrected chi connectivity index (χ4v) is 3.29. The van der Waals surface area contributed by atoms with Gasteiger partial charge >= 0.3 is 0 Å². The summed E-state index contributed by atoms with van der Waals surface area (Å²) in [5.41, 5.74) is 2.42. The van der Waals surface area contributed by atoms with Crippen LogP contribution in [0, 0.1) is 0 Å². The Morgan fingerprint density at radius 1 is 0.957 bits per heavy atom. The van der Waals surface area contributed by atoms with E-state index in [1.165, 1.54) is 16.3 Å². The lowest BCUT2D eigenvalue weighted by Crippen LogP contribution is -2.21. The number of hydrogen-bond acceptors (Lipinski definition) is 3. The van der Waals surface area contributed by atoms with E-state index >= 15 is 0 Å². The molecule has 1 aliphatic rings. The Bertz CT molecular complexity index is 834. The third-order valence-electron chi connectivity index (χ3n) is 4.38. The lowest BCUT2D eigenvalue weighted by Gasteiger charge is -2.19. The fourth-order valence-electron chi connectivity index (χ4n) is 3.29. The number of fused-ring (bicyclic) bond motifs is 1. The van der Waals surface area contributed by atoms with Crippen LogP contribution in [0.15, 0.2) is 71.9 Å². The van der Waals surface area contributed by atoms with Crippen molar-refractivity contribution >= 4 is 16.6 Å². The summed E-state index contributed by atoms with van der Waals surface area (Å²) in [5.74, 6) is 1.31. The second kappa shape index (κ2) is 6.21. The van der Waals surface area contributed by atoms with Crippen molar-refractivity contribution in [2.75, 3.05) is 13.1 Å². The molecular weight excluding hydrogens is 282 g/mol. The van der Waals surface area contributed by atoms with Gasteiger partial charge in [0.25, 0.3) is 0 Å². The summed E-state index contributed by atoms with van der Waals surface area (Å²) in [6.45, 7) is 1.82. The van der Waals surface area contributed by atoms with Crippen LogP contribution in [0.5, 0.6) is 0 Å². The van der Waals surface area contributed by atoms with Gasteiger partial charge in [0, 0.05) is 30.8 Å². The predicted molar refractivity (Wildman–Crippen MR) is 94.9 cm³/mol. The molecule has 0 radical (unpaired) electrons. The van der Waals surface area contributed by atoms with Crippen molar-refractivity contribution in [1.82, 2.24) is 10.3 Å². The van der Waals surface area contributed by atoms with Crippen LogP contribution < -0.4 is 5.32 Å². The summed E-state index contributed by atoms with van der Waals surface area (Å²) >= 11 is 0. The van der Waals surface area contributed by atoms with Gasteiger partial charge in [-0.2, -0.15) is 0 Å². The Hall–Kier alpha value is -2.68. The quantitative estimate of drug-likeness (QED) is 0.796. The largest absolute Gasteiger partial charge is 0.372 e. The van der Waals surface area contributed by atoms with E-state index in [0.29, 0.717) is 0 Å². The molecule has 4 rings (SSSR count). The SMILES string of the molecule is c1ccc(C(CC2=NCCN2)c2cccc3ccccc23)nc1. The zero-order valence-electron chi connectivity index (χ0n) is 12.9. The van der Waals surface area contributed by atoms with Gasteiger partial charge in [0.15, 0.2) is 0 Å². The highest BCUT2D eigenvalue weighted by Gasteiger charge is 2.21. The van der Waals surface area contributed by atoms with Gasteiger partial charge in [-0.05, 0) is 28.5 Å². The van der Waals surface area contributed by atoms with E-state index in [1.807, 2.05) is 12.3 Å². The number of nitrogens with one attached hydrogen (secondary N) is 1. The van der Waals surface area contributed by atoms with Gasteiger partial charge in [0.05, 0.1) is 12.4 Å². The molecule has 3 heteroatoms. The van der Waals surface area contributed by atoms with Crippen LogP contribution in [0.3, 0.4) is 0 Å². The molecule has 3 nitrogen and oxygen atoms in total. The first-order chi connectivity index (χ1) is 11.4. The van der Waals surface area contributed by atoms with Gasteiger partial charge in [-0.1, -0.05) is 48.5 Å². The number of benzene rings is 2. The van der Waals surface area contributed by atoms with Crippen molar-refractivity contribution < 1.29 is 0 Å². The molecule has 0 bridgehead atoms. The van der Waals surface area contributed by atoms with Gasteiger partial charge in [-0.3, -0.25) is 9.98 Å². The van der Waals surface area contributed by atoms with Gasteiger partial charge in [0.2, 0.25) is 0 Å². The van der Waals surface area contributed by atoms with Crippen LogP contribution in [0.1, 0.15) is 23.6 Å². The van der Waals surface area contributed by atoms with E-state index in [2.05, 4.69) is 69.9 Å². The minimum atomic E-state index is 0.214. The van der Waals surface area contributed by atoms with Crippen molar-refractivity contribution in [3.8, 4) is 0 Å². The lowest BCUT2D eigenvalue weighted by molar-refractivity contribution is 0.807. The number of amidine groups is 1. The first-order valence-corrected chi connectivity index (χ1v) is 8.07. The molecule has 114 valence electrons. The van der Waals surface area contributed by atoms with E-state index in [0.717, 1.165) is 31.0 Å². The Morgan fingerprint density at radius 2 is 1.83 bits per heavy atom. The Morgan fingerprint density at radius 3 is 2.65 bits per heavy atom. The molecule has 0 saturated carbocycles. The third-order valence-corrected chi connectivity index (χ3v) is 4.38. The molecule has 0 fully saturated rings. The number of aliphatic imine (C=N–C) groups is 1. The minimum absolute atomic E-state index is 0.214. The van der Waals surface area contributed by atoms with E-state index < -0.39 is 0 Å². The van der Waals surface area contributed by atoms with E-state index in [9.17, 15) is 0 Å². The number of aromatic nitrogens is 1. The third kappa shape index (κ3) is 2.82. The van der Waals surface area contributed by atoms with Crippen LogP contribution in [0.2, 0.25) is 0 Å². The minimum Gasteiger partial charge on any atom is -0.372 e. The van der Waals surface area contributed by atoms with Crippen LogP contribution in [0.25, 0.3) is 10.8 Å². The predicted octanol–water partition coefficient (Wildman–Crippen LogP) is 3.76. The van der Waals surface area contributed by atoms with Crippen LogP contribution >= 0.6 is 0 Å². The number of nitrogens with zero attached hydrogens (tertiary/aromatic N) is 2. The fraction of sp³-hybridized carbons (Fsp3) is 0.200. The summed E-state index contributed by atoms with van der Waals surface area (Å²) in [4.78, 5) is 9.21. The molecule has 0 spiro atoms. The number of hydrogen-bond donors (Lipinski definition) is 1. The molecule has 1 N–H and O–H groups in total. The van der Waals surface area contributed by atoms with Gasteiger partial charge < -0.3 is 5.32 Å². The Labute approximate surface area is 136 Å². The smallest absolute Gasteiger partial charge is 0.0974 e. The second-order valence-electron chi connectivity index (χ2n) is 5.83. The number of rotatable bonds is 4. The normalized spacial score (nSPS) is 15.2. The summed E-state index contributed by atoms with van der Waals surface area (Å²) in [6.07, 6.45) is 2.74. The molecule has 2 aromatic carbocycles. The van der Waals surface area contributed by atoms with Crippen molar-refractivity contribution in [3.63, 3.8) is 0 Å². The maximum atomic E-state index is 4.62. The monoisotopic (exact) mass is 301 g/mol. The zero-order chi connectivity index (χ0) is 15.5. The average Bonchev–Trinajstić information content (AvgIpc) is 3.13.